The summed E-state index contributed by atoms with van der Waals surface area (Å²) in [5.74, 6) is -0.593. The van der Waals surface area contributed by atoms with Crippen molar-refractivity contribution in [3.8, 4) is 5.75 Å². The maximum atomic E-state index is 14.6. The van der Waals surface area contributed by atoms with Gasteiger partial charge in [-0.1, -0.05) is 13.8 Å². The summed E-state index contributed by atoms with van der Waals surface area (Å²) < 4.78 is 33.9. The highest BCUT2D eigenvalue weighted by Crippen LogP contribution is 2.35. The van der Waals surface area contributed by atoms with Crippen LogP contribution in [0.3, 0.4) is 0 Å². The molecule has 1 N–H and O–H groups in total. The first kappa shape index (κ1) is 19.1. The van der Waals surface area contributed by atoms with Gasteiger partial charge in [0.05, 0.1) is 7.11 Å². The maximum absolute atomic E-state index is 14.6. The number of nitrogens with one attached hydrogen (secondary N) is 1. The molecule has 0 saturated carbocycles. The fourth-order valence-corrected chi connectivity index (χ4v) is 2.90. The third-order valence-electron chi connectivity index (χ3n) is 3.93. The van der Waals surface area contributed by atoms with Crippen LogP contribution in [-0.2, 0) is 0 Å². The fourth-order valence-electron chi connectivity index (χ4n) is 2.90. The number of rotatable bonds is 5. The Hall–Kier alpha value is -0.910. The van der Waals surface area contributed by atoms with Crippen molar-refractivity contribution in [2.45, 2.75) is 26.3 Å². The van der Waals surface area contributed by atoms with Crippen molar-refractivity contribution in [3.63, 3.8) is 0 Å². The van der Waals surface area contributed by atoms with E-state index in [9.17, 15) is 8.78 Å². The summed E-state index contributed by atoms with van der Waals surface area (Å²) in [6.45, 7) is 7.45. The molecule has 0 amide bonds. The predicted molar refractivity (Wildman–Crippen MR) is 86.8 cm³/mol. The van der Waals surface area contributed by atoms with Crippen molar-refractivity contribution < 1.29 is 13.5 Å². The molecule has 1 aromatic carbocycles. The summed E-state index contributed by atoms with van der Waals surface area (Å²) in [6.07, 6.45) is 0.723. The molecule has 3 nitrogen and oxygen atoms in total. The molecule has 1 saturated heterocycles. The molecule has 0 bridgehead atoms. The Bertz CT molecular complexity index is 479. The van der Waals surface area contributed by atoms with E-state index in [0.717, 1.165) is 32.6 Å². The number of hydrogen-bond acceptors (Lipinski definition) is 3. The lowest BCUT2D eigenvalue weighted by molar-refractivity contribution is 0.147. The van der Waals surface area contributed by atoms with Crippen LogP contribution in [0.5, 0.6) is 5.75 Å². The molecule has 6 heteroatoms. The normalized spacial score (nSPS) is 17.2. The minimum Gasteiger partial charge on any atom is -0.494 e. The third kappa shape index (κ3) is 4.31. The van der Waals surface area contributed by atoms with Crippen LogP contribution in [-0.4, -0.2) is 38.2 Å². The first-order valence-corrected chi connectivity index (χ1v) is 7.51. The second kappa shape index (κ2) is 8.65. The van der Waals surface area contributed by atoms with E-state index in [4.69, 9.17) is 4.74 Å². The Morgan fingerprint density at radius 2 is 1.86 bits per heavy atom. The number of hydrogen-bond donors (Lipinski definition) is 1. The van der Waals surface area contributed by atoms with Gasteiger partial charge in [-0.05, 0) is 24.5 Å². The Morgan fingerprint density at radius 1 is 1.23 bits per heavy atom. The van der Waals surface area contributed by atoms with Crippen LogP contribution < -0.4 is 10.1 Å². The molecule has 2 rings (SSSR count). The molecule has 0 aromatic heterocycles. The van der Waals surface area contributed by atoms with E-state index in [-0.39, 0.29) is 29.8 Å². The Balaban J connectivity index is 0.00000242. The third-order valence-corrected chi connectivity index (χ3v) is 3.93. The van der Waals surface area contributed by atoms with Gasteiger partial charge in [0, 0.05) is 37.8 Å². The van der Waals surface area contributed by atoms with Gasteiger partial charge in [-0.2, -0.15) is 0 Å². The van der Waals surface area contributed by atoms with Crippen molar-refractivity contribution >= 4 is 12.4 Å². The molecular weight excluding hydrogens is 310 g/mol. The van der Waals surface area contributed by atoms with Gasteiger partial charge in [0.25, 0.3) is 0 Å². The SMILES string of the molecule is COc1ccc(F)c([C@@H](CC(C)C)N2CCNCC2)c1F.Cl. The van der Waals surface area contributed by atoms with Crippen LogP contribution in [0.4, 0.5) is 8.78 Å². The van der Waals surface area contributed by atoms with Crippen LogP contribution in [0.2, 0.25) is 0 Å². The standard InChI is InChI=1S/C16H24F2N2O.ClH/c1-11(2)10-13(20-8-6-19-7-9-20)15-12(17)4-5-14(21-3)16(15)18;/h4-5,11,13,19H,6-10H2,1-3H3;1H/t13-;/m1./s1. The first-order chi connectivity index (χ1) is 10.0. The zero-order chi connectivity index (χ0) is 15.4. The van der Waals surface area contributed by atoms with Crippen molar-refractivity contribution in [3.05, 3.63) is 29.3 Å². The molecule has 1 atom stereocenters. The van der Waals surface area contributed by atoms with Gasteiger partial charge in [0.2, 0.25) is 0 Å². The molecule has 0 spiro atoms. The molecule has 126 valence electrons. The van der Waals surface area contributed by atoms with Gasteiger partial charge < -0.3 is 10.1 Å². The number of methoxy groups -OCH3 is 1. The van der Waals surface area contributed by atoms with Crippen LogP contribution in [0, 0.1) is 17.6 Å². The fraction of sp³-hybridized carbons (Fsp3) is 0.625. The first-order valence-electron chi connectivity index (χ1n) is 7.51. The predicted octanol–water partition coefficient (Wildman–Crippen LogP) is 3.39. The number of benzene rings is 1. The molecule has 0 aliphatic carbocycles. The zero-order valence-corrected chi connectivity index (χ0v) is 14.2. The van der Waals surface area contributed by atoms with Crippen molar-refractivity contribution in [2.75, 3.05) is 33.3 Å². The lowest BCUT2D eigenvalue weighted by atomic mass is 9.94. The average molecular weight is 335 g/mol. The molecule has 0 radical (unpaired) electrons. The smallest absolute Gasteiger partial charge is 0.172 e. The largest absolute Gasteiger partial charge is 0.494 e. The van der Waals surface area contributed by atoms with E-state index < -0.39 is 11.6 Å². The van der Waals surface area contributed by atoms with Gasteiger partial charge in [-0.25, -0.2) is 8.78 Å². The maximum Gasteiger partial charge on any atom is 0.172 e. The molecule has 1 aliphatic rings. The van der Waals surface area contributed by atoms with Crippen molar-refractivity contribution in [1.29, 1.82) is 0 Å². The van der Waals surface area contributed by atoms with Crippen molar-refractivity contribution in [1.82, 2.24) is 10.2 Å². The minimum absolute atomic E-state index is 0. The lowest BCUT2D eigenvalue weighted by Crippen LogP contribution is -2.45. The minimum atomic E-state index is -0.568. The zero-order valence-electron chi connectivity index (χ0n) is 13.4. The summed E-state index contributed by atoms with van der Waals surface area (Å²) in [7, 11) is 1.41. The van der Waals surface area contributed by atoms with Crippen LogP contribution in [0.1, 0.15) is 31.9 Å². The second-order valence-corrected chi connectivity index (χ2v) is 5.91. The van der Waals surface area contributed by atoms with Gasteiger partial charge in [0.15, 0.2) is 11.6 Å². The number of halogens is 3. The lowest BCUT2D eigenvalue weighted by Gasteiger charge is -2.36. The summed E-state index contributed by atoms with van der Waals surface area (Å²) in [6, 6.07) is 2.40. The van der Waals surface area contributed by atoms with Crippen LogP contribution in [0.25, 0.3) is 0 Å². The van der Waals surface area contributed by atoms with E-state index in [1.807, 2.05) is 0 Å². The quantitative estimate of drug-likeness (QED) is 0.893. The molecule has 1 aromatic rings. The van der Waals surface area contributed by atoms with E-state index >= 15 is 0 Å². The average Bonchev–Trinajstić information content (AvgIpc) is 2.47. The molecule has 22 heavy (non-hydrogen) atoms. The van der Waals surface area contributed by atoms with Crippen LogP contribution >= 0.6 is 12.4 Å². The molecule has 0 unspecified atom stereocenters. The Morgan fingerprint density at radius 3 is 2.41 bits per heavy atom. The number of nitrogens with zero attached hydrogens (tertiary/aromatic N) is 1. The Kier molecular flexibility index (Phi) is 7.53. The van der Waals surface area contributed by atoms with E-state index in [1.165, 1.54) is 19.2 Å². The van der Waals surface area contributed by atoms with Gasteiger partial charge in [0.1, 0.15) is 5.82 Å². The van der Waals surface area contributed by atoms with Crippen LogP contribution in [0.15, 0.2) is 12.1 Å². The number of ether oxygens (including phenoxy) is 1. The highest BCUT2D eigenvalue weighted by molar-refractivity contribution is 5.85. The monoisotopic (exact) mass is 334 g/mol. The highest BCUT2D eigenvalue weighted by Gasteiger charge is 2.29. The molecule has 1 aliphatic heterocycles. The Labute approximate surface area is 137 Å². The summed E-state index contributed by atoms with van der Waals surface area (Å²) in [4.78, 5) is 2.16. The summed E-state index contributed by atoms with van der Waals surface area (Å²) in [5.41, 5.74) is 0.143. The van der Waals surface area contributed by atoms with Gasteiger partial charge in [-0.3, -0.25) is 4.90 Å². The van der Waals surface area contributed by atoms with E-state index in [1.54, 1.807) is 0 Å². The summed E-state index contributed by atoms with van der Waals surface area (Å²) >= 11 is 0. The molecule has 1 fully saturated rings. The topological polar surface area (TPSA) is 24.5 Å². The van der Waals surface area contributed by atoms with E-state index in [0.29, 0.717) is 5.92 Å². The summed E-state index contributed by atoms with van der Waals surface area (Å²) in [5, 5.41) is 3.27. The second-order valence-electron chi connectivity index (χ2n) is 5.91. The van der Waals surface area contributed by atoms with Crippen molar-refractivity contribution in [2.24, 2.45) is 5.92 Å². The van der Waals surface area contributed by atoms with Gasteiger partial charge >= 0.3 is 0 Å². The van der Waals surface area contributed by atoms with Gasteiger partial charge in [-0.15, -0.1) is 12.4 Å². The number of piperazine rings is 1. The highest BCUT2D eigenvalue weighted by atomic mass is 35.5. The molecule has 1 heterocycles. The van der Waals surface area contributed by atoms with E-state index in [2.05, 4.69) is 24.1 Å². The molecular formula is C16H25ClF2N2O.